The first-order chi connectivity index (χ1) is 20.3. The van der Waals surface area contributed by atoms with E-state index in [-0.39, 0.29) is 34.8 Å². The van der Waals surface area contributed by atoms with Crippen LogP contribution in [0.5, 0.6) is 11.5 Å². The molecule has 0 aromatic heterocycles. The minimum absolute atomic E-state index is 0.0272. The van der Waals surface area contributed by atoms with E-state index in [2.05, 4.69) is 5.32 Å². The van der Waals surface area contributed by atoms with Gasteiger partial charge in [-0.15, -0.1) is 0 Å². The maximum atomic E-state index is 13.9. The summed E-state index contributed by atoms with van der Waals surface area (Å²) in [6, 6.07) is 21.3. The zero-order valence-electron chi connectivity index (χ0n) is 23.4. The average Bonchev–Trinajstić information content (AvgIpc) is 3.01. The third-order valence-corrected chi connectivity index (χ3v) is 9.62. The van der Waals surface area contributed by atoms with Gasteiger partial charge in [0.2, 0.25) is 15.9 Å². The lowest BCUT2D eigenvalue weighted by Crippen LogP contribution is -2.54. The number of nitrogens with zero attached hydrogens (tertiary/aromatic N) is 2. The maximum Gasteiger partial charge on any atom is 0.262 e. The first kappa shape index (κ1) is 29.9. The van der Waals surface area contributed by atoms with Crippen molar-refractivity contribution in [2.75, 3.05) is 37.7 Å². The van der Waals surface area contributed by atoms with Gasteiger partial charge >= 0.3 is 0 Å². The number of anilines is 1. The standard InChI is InChI=1S/C31H34ClN3O6S/c1-2-40-27-15-14-24(19-25(27)32)42(38,39)34-18-8-11-23(20-34)31(37)35-21-29(41-28-13-7-6-12-26(28)35)30(36)33-17-16-22-9-4-3-5-10-22/h3-7,9-10,12-15,19,23,29H,2,8,11,16-18,20-21H2,1H3,(H,33,36)/t23-,29+/m1/s1. The summed E-state index contributed by atoms with van der Waals surface area (Å²) < 4.78 is 39.8. The summed E-state index contributed by atoms with van der Waals surface area (Å²) in [6.07, 6.45) is 0.830. The van der Waals surface area contributed by atoms with Crippen LogP contribution in [-0.2, 0) is 26.0 Å². The van der Waals surface area contributed by atoms with Crippen molar-refractivity contribution in [3.05, 3.63) is 83.4 Å². The Morgan fingerprint density at radius 2 is 1.81 bits per heavy atom. The van der Waals surface area contributed by atoms with Crippen LogP contribution < -0.4 is 19.7 Å². The van der Waals surface area contributed by atoms with Crippen LogP contribution in [0.1, 0.15) is 25.3 Å². The summed E-state index contributed by atoms with van der Waals surface area (Å²) in [5, 5.41) is 3.13. The van der Waals surface area contributed by atoms with Gasteiger partial charge in [0.1, 0.15) is 11.5 Å². The van der Waals surface area contributed by atoms with Gasteiger partial charge in [0, 0.05) is 19.6 Å². The van der Waals surface area contributed by atoms with Crippen LogP contribution in [0.3, 0.4) is 0 Å². The summed E-state index contributed by atoms with van der Waals surface area (Å²) >= 11 is 6.27. The minimum Gasteiger partial charge on any atom is -0.492 e. The van der Waals surface area contributed by atoms with Gasteiger partial charge in [-0.25, -0.2) is 8.42 Å². The van der Waals surface area contributed by atoms with E-state index in [9.17, 15) is 18.0 Å². The lowest BCUT2D eigenvalue weighted by atomic mass is 9.97. The van der Waals surface area contributed by atoms with E-state index in [0.29, 0.717) is 56.1 Å². The highest BCUT2D eigenvalue weighted by molar-refractivity contribution is 7.89. The lowest BCUT2D eigenvalue weighted by Gasteiger charge is -2.38. The fourth-order valence-corrected chi connectivity index (χ4v) is 7.16. The number of fused-ring (bicyclic) bond motifs is 1. The van der Waals surface area contributed by atoms with Gasteiger partial charge in [-0.3, -0.25) is 9.59 Å². The van der Waals surface area contributed by atoms with Crippen molar-refractivity contribution in [2.45, 2.75) is 37.2 Å². The molecular weight excluding hydrogens is 578 g/mol. The fourth-order valence-electron chi connectivity index (χ4n) is 5.31. The number of hydrogen-bond donors (Lipinski definition) is 1. The van der Waals surface area contributed by atoms with E-state index >= 15 is 0 Å². The highest BCUT2D eigenvalue weighted by Crippen LogP contribution is 2.36. The molecule has 3 aromatic rings. The molecule has 0 aliphatic carbocycles. The van der Waals surface area contributed by atoms with Crippen LogP contribution in [0.15, 0.2) is 77.7 Å². The van der Waals surface area contributed by atoms with E-state index < -0.39 is 22.0 Å². The zero-order valence-corrected chi connectivity index (χ0v) is 24.9. The van der Waals surface area contributed by atoms with Gasteiger partial charge in [-0.05, 0) is 62.1 Å². The molecule has 42 heavy (non-hydrogen) atoms. The second kappa shape index (κ2) is 13.1. The number of hydrogen-bond acceptors (Lipinski definition) is 6. The molecule has 2 atom stereocenters. The summed E-state index contributed by atoms with van der Waals surface area (Å²) in [5.74, 6) is -0.283. The minimum atomic E-state index is -3.90. The van der Waals surface area contributed by atoms with Crippen LogP contribution >= 0.6 is 11.6 Å². The predicted molar refractivity (Wildman–Crippen MR) is 160 cm³/mol. The van der Waals surface area contributed by atoms with Gasteiger partial charge in [-0.1, -0.05) is 54.1 Å². The van der Waals surface area contributed by atoms with Crippen molar-refractivity contribution in [1.82, 2.24) is 9.62 Å². The number of amides is 2. The molecular formula is C31H34ClN3O6S. The first-order valence-corrected chi connectivity index (χ1v) is 15.9. The van der Waals surface area contributed by atoms with Crippen molar-refractivity contribution in [3.8, 4) is 11.5 Å². The highest BCUT2D eigenvalue weighted by atomic mass is 35.5. The monoisotopic (exact) mass is 611 g/mol. The van der Waals surface area contributed by atoms with Crippen LogP contribution in [0.25, 0.3) is 0 Å². The molecule has 11 heteroatoms. The lowest BCUT2D eigenvalue weighted by molar-refractivity contribution is -0.129. The van der Waals surface area contributed by atoms with E-state index in [1.807, 2.05) is 37.3 Å². The molecule has 0 radical (unpaired) electrons. The Labute approximate surface area is 251 Å². The molecule has 2 amide bonds. The smallest absolute Gasteiger partial charge is 0.262 e. The summed E-state index contributed by atoms with van der Waals surface area (Å²) in [7, 11) is -3.90. The Balaban J connectivity index is 1.29. The maximum absolute atomic E-state index is 13.9. The number of para-hydroxylation sites is 2. The Morgan fingerprint density at radius 1 is 1.05 bits per heavy atom. The number of sulfonamides is 1. The highest BCUT2D eigenvalue weighted by Gasteiger charge is 2.39. The topological polar surface area (TPSA) is 105 Å². The van der Waals surface area contributed by atoms with Crippen LogP contribution in [0.4, 0.5) is 5.69 Å². The largest absolute Gasteiger partial charge is 0.492 e. The van der Waals surface area contributed by atoms with Crippen LogP contribution in [0, 0.1) is 5.92 Å². The van der Waals surface area contributed by atoms with Crippen molar-refractivity contribution < 1.29 is 27.5 Å². The van der Waals surface area contributed by atoms with E-state index in [1.54, 1.807) is 35.2 Å². The number of piperidine rings is 1. The van der Waals surface area contributed by atoms with Crippen LogP contribution in [-0.4, -0.2) is 63.4 Å². The molecule has 1 saturated heterocycles. The number of nitrogens with one attached hydrogen (secondary N) is 1. The first-order valence-electron chi connectivity index (χ1n) is 14.1. The molecule has 0 unspecified atom stereocenters. The molecule has 0 bridgehead atoms. The number of carbonyl (C=O) groups excluding carboxylic acids is 2. The molecule has 2 aliphatic heterocycles. The number of carbonyl (C=O) groups is 2. The quantitative estimate of drug-likeness (QED) is 0.387. The van der Waals surface area contributed by atoms with E-state index in [1.165, 1.54) is 16.4 Å². The Morgan fingerprint density at radius 3 is 2.57 bits per heavy atom. The SMILES string of the molecule is CCOc1ccc(S(=O)(=O)N2CCC[C@@H](C(=O)N3C[C@@H](C(=O)NCCc4ccccc4)Oc4ccccc43)C2)cc1Cl. The number of benzene rings is 3. The zero-order chi connectivity index (χ0) is 29.7. The molecule has 1 fully saturated rings. The van der Waals surface area contributed by atoms with Gasteiger partial charge in [0.15, 0.2) is 6.10 Å². The Kier molecular flexibility index (Phi) is 9.35. The van der Waals surface area contributed by atoms with Crippen LogP contribution in [0.2, 0.25) is 5.02 Å². The number of rotatable bonds is 9. The molecule has 3 aromatic carbocycles. The van der Waals surface area contributed by atoms with Gasteiger partial charge in [0.25, 0.3) is 5.91 Å². The van der Waals surface area contributed by atoms with E-state index in [0.717, 1.165) is 5.56 Å². The molecule has 0 saturated carbocycles. The molecule has 9 nitrogen and oxygen atoms in total. The number of halogens is 1. The van der Waals surface area contributed by atoms with Gasteiger partial charge in [-0.2, -0.15) is 4.31 Å². The van der Waals surface area contributed by atoms with Gasteiger partial charge < -0.3 is 19.7 Å². The van der Waals surface area contributed by atoms with Crippen molar-refractivity contribution >= 4 is 39.1 Å². The second-order valence-corrected chi connectivity index (χ2v) is 12.6. The summed E-state index contributed by atoms with van der Waals surface area (Å²) in [6.45, 7) is 3.01. The molecule has 1 N–H and O–H groups in total. The Bertz CT molecular complexity index is 1530. The predicted octanol–water partition coefficient (Wildman–Crippen LogP) is 4.29. The van der Waals surface area contributed by atoms with Crippen molar-refractivity contribution in [3.63, 3.8) is 0 Å². The summed E-state index contributed by atoms with van der Waals surface area (Å²) in [5.41, 5.74) is 1.67. The normalized spacial score (nSPS) is 19.0. The third-order valence-electron chi connectivity index (χ3n) is 7.46. The average molecular weight is 612 g/mol. The molecule has 222 valence electrons. The summed E-state index contributed by atoms with van der Waals surface area (Å²) in [4.78, 5) is 28.6. The molecule has 0 spiro atoms. The van der Waals surface area contributed by atoms with E-state index in [4.69, 9.17) is 21.1 Å². The van der Waals surface area contributed by atoms with Crippen molar-refractivity contribution in [2.24, 2.45) is 5.92 Å². The Hall–Kier alpha value is -3.60. The fraction of sp³-hybridized carbons (Fsp3) is 0.355. The van der Waals surface area contributed by atoms with Crippen molar-refractivity contribution in [1.29, 1.82) is 0 Å². The molecule has 2 heterocycles. The third kappa shape index (κ3) is 6.56. The molecule has 5 rings (SSSR count). The second-order valence-electron chi connectivity index (χ2n) is 10.3. The number of ether oxygens (including phenoxy) is 2. The van der Waals surface area contributed by atoms with Gasteiger partial charge in [0.05, 0.1) is 34.7 Å². The molecule has 2 aliphatic rings.